The molecule has 0 aliphatic heterocycles. The van der Waals surface area contributed by atoms with Gasteiger partial charge in [-0.3, -0.25) is 4.79 Å². The second-order valence-corrected chi connectivity index (χ2v) is 5.80. The van der Waals surface area contributed by atoms with Crippen molar-refractivity contribution in [2.75, 3.05) is 14.2 Å². The minimum atomic E-state index is 0.0692. The van der Waals surface area contributed by atoms with Crippen molar-refractivity contribution in [3.63, 3.8) is 0 Å². The van der Waals surface area contributed by atoms with Crippen LogP contribution < -0.4 is 4.74 Å². The molecule has 0 aromatic heterocycles. The fourth-order valence-electron chi connectivity index (χ4n) is 1.80. The van der Waals surface area contributed by atoms with Crippen LogP contribution in [-0.2, 0) is 11.3 Å². The number of nitrogens with zero attached hydrogens (tertiary/aromatic N) is 1. The second kappa shape index (κ2) is 6.60. The molecule has 0 heterocycles. The minimum Gasteiger partial charge on any atom is -0.497 e. The van der Waals surface area contributed by atoms with Crippen molar-refractivity contribution < 1.29 is 9.53 Å². The van der Waals surface area contributed by atoms with Crippen molar-refractivity contribution >= 4 is 5.91 Å². The van der Waals surface area contributed by atoms with E-state index >= 15 is 0 Å². The van der Waals surface area contributed by atoms with Gasteiger partial charge in [-0.1, -0.05) is 39.3 Å². The lowest BCUT2D eigenvalue weighted by molar-refractivity contribution is -0.132. The zero-order valence-electron chi connectivity index (χ0n) is 12.7. The number of benzene rings is 1. The van der Waals surface area contributed by atoms with Crippen LogP contribution in [0.3, 0.4) is 0 Å². The van der Waals surface area contributed by atoms with Crippen molar-refractivity contribution in [2.24, 2.45) is 5.41 Å². The summed E-state index contributed by atoms with van der Waals surface area (Å²) in [7, 11) is 3.51. The van der Waals surface area contributed by atoms with Gasteiger partial charge in [0.15, 0.2) is 0 Å². The molecule has 0 saturated carbocycles. The average Bonchev–Trinajstić information content (AvgIpc) is 2.38. The quantitative estimate of drug-likeness (QED) is 0.786. The van der Waals surface area contributed by atoms with E-state index in [2.05, 4.69) is 20.8 Å². The summed E-state index contributed by atoms with van der Waals surface area (Å²) in [5, 5.41) is 0. The Morgan fingerprint density at radius 2 is 2.05 bits per heavy atom. The van der Waals surface area contributed by atoms with Crippen molar-refractivity contribution in [1.82, 2.24) is 4.90 Å². The van der Waals surface area contributed by atoms with Gasteiger partial charge in [-0.15, -0.1) is 0 Å². The molecule has 1 rings (SSSR count). The van der Waals surface area contributed by atoms with Crippen LogP contribution in [0.2, 0.25) is 0 Å². The standard InChI is InChI=1S/C16H25NO2/c1-6-16(2,3)11-15(18)17(4)12-13-8-7-9-14(10-13)19-5/h7-10H,6,11-12H2,1-5H3. The largest absolute Gasteiger partial charge is 0.497 e. The highest BCUT2D eigenvalue weighted by atomic mass is 16.5. The molecule has 106 valence electrons. The minimum absolute atomic E-state index is 0.0692. The van der Waals surface area contributed by atoms with Crippen LogP contribution in [-0.4, -0.2) is 25.0 Å². The molecule has 19 heavy (non-hydrogen) atoms. The summed E-state index contributed by atoms with van der Waals surface area (Å²) in [5.74, 6) is 1.02. The maximum Gasteiger partial charge on any atom is 0.223 e. The average molecular weight is 263 g/mol. The van der Waals surface area contributed by atoms with Gasteiger partial charge in [0.2, 0.25) is 5.91 Å². The van der Waals surface area contributed by atoms with Crippen molar-refractivity contribution in [3.05, 3.63) is 29.8 Å². The lowest BCUT2D eigenvalue weighted by Gasteiger charge is -2.25. The molecule has 0 fully saturated rings. The molecule has 0 aliphatic rings. The molecule has 0 spiro atoms. The first-order valence-corrected chi connectivity index (χ1v) is 6.75. The molecule has 0 atom stereocenters. The summed E-state index contributed by atoms with van der Waals surface area (Å²) in [4.78, 5) is 14.0. The fourth-order valence-corrected chi connectivity index (χ4v) is 1.80. The second-order valence-electron chi connectivity index (χ2n) is 5.80. The predicted molar refractivity (Wildman–Crippen MR) is 78.2 cm³/mol. The van der Waals surface area contributed by atoms with Gasteiger partial charge in [-0.05, 0) is 23.1 Å². The third-order valence-corrected chi connectivity index (χ3v) is 3.57. The number of amides is 1. The number of rotatable bonds is 6. The Kier molecular flexibility index (Phi) is 5.40. The van der Waals surface area contributed by atoms with Gasteiger partial charge in [-0.2, -0.15) is 0 Å². The smallest absolute Gasteiger partial charge is 0.223 e. The van der Waals surface area contributed by atoms with E-state index in [1.165, 1.54) is 0 Å². The molecular formula is C16H25NO2. The maximum absolute atomic E-state index is 12.2. The van der Waals surface area contributed by atoms with Gasteiger partial charge < -0.3 is 9.64 Å². The number of methoxy groups -OCH3 is 1. The van der Waals surface area contributed by atoms with Crippen LogP contribution in [0.4, 0.5) is 0 Å². The highest BCUT2D eigenvalue weighted by Gasteiger charge is 2.22. The van der Waals surface area contributed by atoms with Gasteiger partial charge in [0.25, 0.3) is 0 Å². The van der Waals surface area contributed by atoms with Crippen molar-refractivity contribution in [2.45, 2.75) is 40.2 Å². The summed E-state index contributed by atoms with van der Waals surface area (Å²) < 4.78 is 5.19. The summed E-state index contributed by atoms with van der Waals surface area (Å²) in [5.41, 5.74) is 1.16. The summed E-state index contributed by atoms with van der Waals surface area (Å²) in [6.07, 6.45) is 1.59. The van der Waals surface area contributed by atoms with Crippen LogP contribution in [0.25, 0.3) is 0 Å². The van der Waals surface area contributed by atoms with Gasteiger partial charge >= 0.3 is 0 Å². The SMILES string of the molecule is CCC(C)(C)CC(=O)N(C)Cc1cccc(OC)c1. The Bertz CT molecular complexity index is 427. The van der Waals surface area contributed by atoms with E-state index in [1.807, 2.05) is 31.3 Å². The lowest BCUT2D eigenvalue weighted by Crippen LogP contribution is -2.30. The zero-order valence-corrected chi connectivity index (χ0v) is 12.7. The van der Waals surface area contributed by atoms with E-state index in [0.29, 0.717) is 13.0 Å². The first-order valence-electron chi connectivity index (χ1n) is 6.75. The van der Waals surface area contributed by atoms with E-state index in [1.54, 1.807) is 12.0 Å². The van der Waals surface area contributed by atoms with E-state index in [-0.39, 0.29) is 11.3 Å². The highest BCUT2D eigenvalue weighted by Crippen LogP contribution is 2.25. The van der Waals surface area contributed by atoms with Crippen LogP contribution >= 0.6 is 0 Å². The number of carbonyl (C=O) groups excluding carboxylic acids is 1. The first-order chi connectivity index (χ1) is 8.88. The lowest BCUT2D eigenvalue weighted by atomic mass is 9.86. The van der Waals surface area contributed by atoms with E-state index < -0.39 is 0 Å². The Balaban J connectivity index is 2.63. The zero-order chi connectivity index (χ0) is 14.5. The van der Waals surface area contributed by atoms with E-state index in [0.717, 1.165) is 17.7 Å². The van der Waals surface area contributed by atoms with E-state index in [4.69, 9.17) is 4.74 Å². The summed E-state index contributed by atoms with van der Waals surface area (Å²) in [6, 6.07) is 7.83. The molecule has 3 nitrogen and oxygen atoms in total. The number of carbonyl (C=O) groups is 1. The Hall–Kier alpha value is -1.51. The van der Waals surface area contributed by atoms with Crippen LogP contribution in [0, 0.1) is 5.41 Å². The molecule has 0 radical (unpaired) electrons. The van der Waals surface area contributed by atoms with Gasteiger partial charge in [-0.25, -0.2) is 0 Å². The van der Waals surface area contributed by atoms with E-state index in [9.17, 15) is 4.79 Å². The molecule has 1 amide bonds. The number of hydrogen-bond acceptors (Lipinski definition) is 2. The number of ether oxygens (including phenoxy) is 1. The normalized spacial score (nSPS) is 11.2. The van der Waals surface area contributed by atoms with Gasteiger partial charge in [0.05, 0.1) is 7.11 Å². The Labute approximate surface area is 116 Å². The summed E-state index contributed by atoms with van der Waals surface area (Å²) >= 11 is 0. The summed E-state index contributed by atoms with van der Waals surface area (Å²) in [6.45, 7) is 7.00. The molecule has 0 N–H and O–H groups in total. The van der Waals surface area contributed by atoms with Gasteiger partial charge in [0.1, 0.15) is 5.75 Å². The predicted octanol–water partition coefficient (Wildman–Crippen LogP) is 3.48. The molecule has 0 unspecified atom stereocenters. The van der Waals surface area contributed by atoms with Crippen LogP contribution in [0.15, 0.2) is 24.3 Å². The highest BCUT2D eigenvalue weighted by molar-refractivity contribution is 5.76. The van der Waals surface area contributed by atoms with Crippen molar-refractivity contribution in [3.8, 4) is 5.75 Å². The third kappa shape index (κ3) is 4.93. The molecule has 0 bridgehead atoms. The van der Waals surface area contributed by atoms with Crippen LogP contribution in [0.1, 0.15) is 39.2 Å². The first kappa shape index (κ1) is 15.5. The molecule has 0 aliphatic carbocycles. The third-order valence-electron chi connectivity index (χ3n) is 3.57. The molecule has 1 aromatic carbocycles. The van der Waals surface area contributed by atoms with Crippen LogP contribution in [0.5, 0.6) is 5.75 Å². The number of hydrogen-bond donors (Lipinski definition) is 0. The monoisotopic (exact) mass is 263 g/mol. The molecular weight excluding hydrogens is 238 g/mol. The molecule has 0 saturated heterocycles. The maximum atomic E-state index is 12.2. The van der Waals surface area contributed by atoms with Crippen molar-refractivity contribution in [1.29, 1.82) is 0 Å². The Morgan fingerprint density at radius 3 is 2.63 bits per heavy atom. The molecule has 1 aromatic rings. The van der Waals surface area contributed by atoms with Gasteiger partial charge in [0, 0.05) is 20.0 Å². The molecule has 3 heteroatoms. The topological polar surface area (TPSA) is 29.5 Å². The fraction of sp³-hybridized carbons (Fsp3) is 0.562. The Morgan fingerprint density at radius 1 is 1.37 bits per heavy atom.